The first kappa shape index (κ1) is 66.6. The van der Waals surface area contributed by atoms with Crippen LogP contribution in [0.2, 0.25) is 0 Å². The molecule has 0 aliphatic carbocycles. The van der Waals surface area contributed by atoms with Crippen LogP contribution in [0.4, 0.5) is 0 Å². The summed E-state index contributed by atoms with van der Waals surface area (Å²) in [5.41, 5.74) is 29.7. The van der Waals surface area contributed by atoms with E-state index in [9.17, 15) is 28.8 Å². The fourth-order valence-corrected chi connectivity index (χ4v) is 4.47. The van der Waals surface area contributed by atoms with E-state index < -0.39 is 0 Å². The van der Waals surface area contributed by atoms with Crippen molar-refractivity contribution in [1.82, 2.24) is 0 Å². The molecule has 0 rings (SSSR count). The molecule has 0 aromatic rings. The molecule has 0 radical (unpaired) electrons. The maximum Gasteiger partial charge on any atom is 0.223 e. The summed E-state index contributed by atoms with van der Waals surface area (Å²) in [7, 11) is 0. The topological polar surface area (TPSA) is 259 Å². The number of unbranched alkanes of at least 4 members (excludes halogenated alkanes) is 3. The molecule has 1 atom stereocenters. The molecule has 12 heteroatoms. The molecule has 6 amide bonds. The lowest BCUT2D eigenvalue weighted by atomic mass is 9.85. The van der Waals surface area contributed by atoms with E-state index in [1.165, 1.54) is 19.3 Å². The minimum absolute atomic E-state index is 0.0439. The number of amides is 6. The molecule has 0 fully saturated rings. The Morgan fingerprint density at radius 2 is 0.707 bits per heavy atom. The summed E-state index contributed by atoms with van der Waals surface area (Å²) in [4.78, 5) is 62.2. The highest BCUT2D eigenvalue weighted by Crippen LogP contribution is 2.23. The van der Waals surface area contributed by atoms with Gasteiger partial charge in [-0.1, -0.05) is 149 Å². The quantitative estimate of drug-likeness (QED) is 0.0489. The Labute approximate surface area is 357 Å². The zero-order valence-corrected chi connectivity index (χ0v) is 40.5. The van der Waals surface area contributed by atoms with Crippen molar-refractivity contribution >= 4 is 35.4 Å². The van der Waals surface area contributed by atoms with Crippen molar-refractivity contribution in [3.63, 3.8) is 0 Å². The number of rotatable bonds is 25. The summed E-state index contributed by atoms with van der Waals surface area (Å²) in [5, 5.41) is 0. The van der Waals surface area contributed by atoms with Crippen LogP contribution in [0.25, 0.3) is 0 Å². The summed E-state index contributed by atoms with van der Waals surface area (Å²) < 4.78 is 0. The molecule has 12 N–H and O–H groups in total. The number of primary amides is 6. The molecule has 12 nitrogen and oxygen atoms in total. The highest BCUT2D eigenvalue weighted by Gasteiger charge is 2.24. The summed E-state index contributed by atoms with van der Waals surface area (Å²) in [6, 6.07) is 0. The number of hydrogen-bond donors (Lipinski definition) is 6. The lowest BCUT2D eigenvalue weighted by molar-refractivity contribution is -0.126. The number of carbonyl (C=O) groups excluding carboxylic acids is 6. The summed E-state index contributed by atoms with van der Waals surface area (Å²) >= 11 is 0. The van der Waals surface area contributed by atoms with Gasteiger partial charge in [0.15, 0.2) is 0 Å². The zero-order valence-electron chi connectivity index (χ0n) is 40.5. The fourth-order valence-electron chi connectivity index (χ4n) is 4.47. The van der Waals surface area contributed by atoms with Gasteiger partial charge in [0.1, 0.15) is 0 Å². The Morgan fingerprint density at radius 3 is 0.983 bits per heavy atom. The average Bonchev–Trinajstić information content (AvgIpc) is 3.04. The van der Waals surface area contributed by atoms with Gasteiger partial charge < -0.3 is 34.4 Å². The van der Waals surface area contributed by atoms with Gasteiger partial charge in [-0.05, 0) is 74.0 Å². The van der Waals surface area contributed by atoms with Gasteiger partial charge in [-0.15, -0.1) is 0 Å². The molecule has 1 unspecified atom stereocenters. The van der Waals surface area contributed by atoms with Crippen LogP contribution in [0.3, 0.4) is 0 Å². The van der Waals surface area contributed by atoms with Gasteiger partial charge in [-0.25, -0.2) is 0 Å². The minimum atomic E-state index is -0.329. The molecule has 0 aliphatic rings. The van der Waals surface area contributed by atoms with E-state index in [1.807, 2.05) is 34.6 Å². The van der Waals surface area contributed by atoms with E-state index in [4.69, 9.17) is 34.4 Å². The molecule has 0 aromatic heterocycles. The Hall–Kier alpha value is -3.18. The van der Waals surface area contributed by atoms with Crippen LogP contribution in [0, 0.1) is 46.8 Å². The van der Waals surface area contributed by atoms with Gasteiger partial charge in [-0.3, -0.25) is 28.8 Å². The first-order valence-corrected chi connectivity index (χ1v) is 22.1. The summed E-state index contributed by atoms with van der Waals surface area (Å²) in [5.74, 6) is 2.85. The highest BCUT2D eigenvalue weighted by atomic mass is 16.2. The van der Waals surface area contributed by atoms with Crippen molar-refractivity contribution in [2.45, 2.75) is 213 Å². The van der Waals surface area contributed by atoms with Crippen LogP contribution in [0.15, 0.2) is 0 Å². The lowest BCUT2D eigenvalue weighted by Crippen LogP contribution is -2.31. The number of carbonyl (C=O) groups is 6. The van der Waals surface area contributed by atoms with Crippen molar-refractivity contribution in [3.8, 4) is 0 Å². The van der Waals surface area contributed by atoms with E-state index in [0.29, 0.717) is 49.4 Å². The number of hydrogen-bond acceptors (Lipinski definition) is 6. The van der Waals surface area contributed by atoms with Gasteiger partial charge >= 0.3 is 0 Å². The summed E-state index contributed by atoms with van der Waals surface area (Å²) in [6.45, 7) is 31.3. The van der Waals surface area contributed by atoms with Gasteiger partial charge in [0.2, 0.25) is 35.4 Å². The molecule has 348 valence electrons. The second-order valence-electron chi connectivity index (χ2n) is 18.8. The SMILES string of the molecule is CC(C)CC(N)=O.CC(C)CCC(C)(C)C(N)=O.CC(C)CCC(C)C(N)=O.CC(C)CCCC(N)=O.CC(C)CCCCC(N)=O.CC(C)CCCCCC(N)=O. The molecule has 58 heavy (non-hydrogen) atoms. The highest BCUT2D eigenvalue weighted by molar-refractivity contribution is 5.79. The first-order valence-electron chi connectivity index (χ1n) is 22.1. The molecule has 0 bridgehead atoms. The van der Waals surface area contributed by atoms with Crippen molar-refractivity contribution < 1.29 is 28.8 Å². The lowest BCUT2D eigenvalue weighted by Gasteiger charge is -2.20. The van der Waals surface area contributed by atoms with E-state index in [-0.39, 0.29) is 46.8 Å². The second-order valence-corrected chi connectivity index (χ2v) is 18.8. The van der Waals surface area contributed by atoms with E-state index in [2.05, 4.69) is 69.2 Å². The van der Waals surface area contributed by atoms with Gasteiger partial charge in [0, 0.05) is 37.0 Å². The zero-order chi connectivity index (χ0) is 47.0. The molecule has 0 saturated carbocycles. The van der Waals surface area contributed by atoms with Crippen LogP contribution in [0.5, 0.6) is 0 Å². The molecule has 0 aromatic carbocycles. The van der Waals surface area contributed by atoms with E-state index in [0.717, 1.165) is 76.0 Å². The second kappa shape index (κ2) is 43.4. The normalized spacial score (nSPS) is 11.1. The van der Waals surface area contributed by atoms with Crippen molar-refractivity contribution in [2.24, 2.45) is 81.2 Å². The van der Waals surface area contributed by atoms with Crippen LogP contribution in [-0.4, -0.2) is 35.4 Å². The monoisotopic (exact) mass is 831 g/mol. The van der Waals surface area contributed by atoms with Crippen molar-refractivity contribution in [1.29, 1.82) is 0 Å². The largest absolute Gasteiger partial charge is 0.370 e. The maximum atomic E-state index is 10.9. The molecular weight excluding hydrogens is 733 g/mol. The van der Waals surface area contributed by atoms with Crippen LogP contribution < -0.4 is 34.4 Å². The van der Waals surface area contributed by atoms with Crippen LogP contribution >= 0.6 is 0 Å². The minimum Gasteiger partial charge on any atom is -0.370 e. The predicted octanol–water partition coefficient (Wildman–Crippen LogP) is 9.06. The van der Waals surface area contributed by atoms with Gasteiger partial charge in [0.25, 0.3) is 0 Å². The molecule has 0 aliphatic heterocycles. The molecule has 0 saturated heterocycles. The fraction of sp³-hybridized carbons (Fsp3) is 0.870. The van der Waals surface area contributed by atoms with Crippen molar-refractivity contribution in [3.05, 3.63) is 0 Å². The Bertz CT molecular complexity index is 1030. The van der Waals surface area contributed by atoms with E-state index in [1.54, 1.807) is 0 Å². The smallest absolute Gasteiger partial charge is 0.223 e. The first-order chi connectivity index (χ1) is 26.4. The molecular formula is C46H98N6O6. The van der Waals surface area contributed by atoms with Gasteiger partial charge in [-0.2, -0.15) is 0 Å². The predicted molar refractivity (Wildman–Crippen MR) is 246 cm³/mol. The third-order valence-corrected chi connectivity index (χ3v) is 8.65. The van der Waals surface area contributed by atoms with Crippen LogP contribution in [-0.2, 0) is 28.8 Å². The molecule has 0 heterocycles. The Kier molecular flexibility index (Phi) is 49.9. The van der Waals surface area contributed by atoms with Gasteiger partial charge in [0.05, 0.1) is 0 Å². The number of nitrogens with two attached hydrogens (primary N) is 6. The average molecular weight is 831 g/mol. The Balaban J connectivity index is -0.000000141. The van der Waals surface area contributed by atoms with Crippen LogP contribution in [0.1, 0.15) is 213 Å². The standard InChI is InChI=1S/2C9H19NO.2C8H17NO.C7H15NO.C5H11NO/c1-7(2)5-6-9(3,4)8(10)11;1-8(2)6-4-3-5-7-9(10)11;1-6(2)4-5-7(3)8(9)10;1-7(2)5-3-4-6-8(9)10;1-6(2)4-3-5-7(8)9;1-4(2)3-5(6)7/h7H,5-6H2,1-4H3,(H2,10,11);8H,3-7H2,1-2H3,(H2,10,11);6-7H,4-5H2,1-3H3,(H2,9,10);7H,3-6H2,1-2H3,(H2,9,10);6H,3-5H2,1-2H3,(H2,8,9);4H,3H2,1-2H3,(H2,6,7). The third kappa shape index (κ3) is 77.4. The molecule has 0 spiro atoms. The summed E-state index contributed by atoms with van der Waals surface area (Å²) in [6.07, 6.45) is 16.0. The third-order valence-electron chi connectivity index (χ3n) is 8.65. The van der Waals surface area contributed by atoms with Crippen molar-refractivity contribution in [2.75, 3.05) is 0 Å². The van der Waals surface area contributed by atoms with E-state index >= 15 is 0 Å². The Morgan fingerprint density at radius 1 is 0.379 bits per heavy atom. The maximum absolute atomic E-state index is 10.9.